The number of hydrogen-bond acceptors (Lipinski definition) is 0. The van der Waals surface area contributed by atoms with Gasteiger partial charge >= 0.3 is 0 Å². The molecule has 0 bridgehead atoms. The second kappa shape index (κ2) is 16.3. The molecule has 0 N–H and O–H groups in total. The minimum Gasteiger partial charge on any atom is -0.309 e. The zero-order valence-electron chi connectivity index (χ0n) is 38.6. The third-order valence-corrected chi connectivity index (χ3v) is 14.5. The largest absolute Gasteiger partial charge is 0.309 e. The summed E-state index contributed by atoms with van der Waals surface area (Å²) in [7, 11) is 0. The molecule has 2 nitrogen and oxygen atoms in total. The molecule has 69 heavy (non-hydrogen) atoms. The quantitative estimate of drug-likeness (QED) is 0.144. The summed E-state index contributed by atoms with van der Waals surface area (Å²) in [5, 5.41) is 2.47. The van der Waals surface area contributed by atoms with Gasteiger partial charge in [0.1, 0.15) is 0 Å². The second-order valence-electron chi connectivity index (χ2n) is 18.9. The first-order valence-corrected chi connectivity index (χ1v) is 24.0. The van der Waals surface area contributed by atoms with Crippen molar-refractivity contribution in [2.45, 2.75) is 19.3 Å². The number of hydrogen-bond donors (Lipinski definition) is 0. The van der Waals surface area contributed by atoms with Crippen LogP contribution in [-0.4, -0.2) is 9.13 Å². The fourth-order valence-electron chi connectivity index (χ4n) is 11.2. The van der Waals surface area contributed by atoms with Crippen LogP contribution in [0.15, 0.2) is 255 Å². The fourth-order valence-corrected chi connectivity index (χ4v) is 11.2. The summed E-state index contributed by atoms with van der Waals surface area (Å²) in [6.07, 6.45) is 0. The van der Waals surface area contributed by atoms with Crippen molar-refractivity contribution in [3.05, 3.63) is 266 Å². The topological polar surface area (TPSA) is 9.86 Å². The van der Waals surface area contributed by atoms with Crippen LogP contribution < -0.4 is 0 Å². The predicted octanol–water partition coefficient (Wildman–Crippen LogP) is 17.9. The number of benzene rings is 10. The molecule has 12 aromatic rings. The molecule has 13 rings (SSSR count). The van der Waals surface area contributed by atoms with Gasteiger partial charge in [0.05, 0.1) is 22.4 Å². The zero-order valence-corrected chi connectivity index (χ0v) is 38.6. The molecule has 0 fully saturated rings. The summed E-state index contributed by atoms with van der Waals surface area (Å²) >= 11 is 0. The van der Waals surface area contributed by atoms with E-state index in [1.165, 1.54) is 111 Å². The summed E-state index contributed by atoms with van der Waals surface area (Å²) in [5.41, 5.74) is 24.0. The molecule has 0 unspecified atom stereocenters. The van der Waals surface area contributed by atoms with Gasteiger partial charge in [0.25, 0.3) is 0 Å². The zero-order chi connectivity index (χ0) is 46.1. The van der Waals surface area contributed by atoms with Crippen LogP contribution in [-0.2, 0) is 5.41 Å². The molecule has 10 aromatic carbocycles. The Kier molecular flexibility index (Phi) is 9.55. The van der Waals surface area contributed by atoms with Gasteiger partial charge in [0.2, 0.25) is 0 Å². The van der Waals surface area contributed by atoms with Crippen molar-refractivity contribution in [3.63, 3.8) is 0 Å². The van der Waals surface area contributed by atoms with Gasteiger partial charge in [-0.15, -0.1) is 0 Å². The molecule has 1 aliphatic rings. The van der Waals surface area contributed by atoms with Crippen molar-refractivity contribution in [2.24, 2.45) is 0 Å². The van der Waals surface area contributed by atoms with E-state index in [0.29, 0.717) is 0 Å². The van der Waals surface area contributed by atoms with Crippen molar-refractivity contribution < 1.29 is 0 Å². The Labute approximate surface area is 403 Å². The Balaban J connectivity index is 1.10. The maximum Gasteiger partial charge on any atom is 0.0619 e. The van der Waals surface area contributed by atoms with Gasteiger partial charge in [0.15, 0.2) is 0 Å². The van der Waals surface area contributed by atoms with Crippen LogP contribution in [0.2, 0.25) is 0 Å². The van der Waals surface area contributed by atoms with E-state index in [0.717, 1.165) is 11.4 Å². The molecule has 326 valence electrons. The maximum absolute atomic E-state index is 2.52. The highest BCUT2D eigenvalue weighted by Crippen LogP contribution is 2.55. The highest BCUT2D eigenvalue weighted by atomic mass is 15.0. The van der Waals surface area contributed by atoms with E-state index in [-0.39, 0.29) is 5.41 Å². The number of rotatable bonds is 8. The van der Waals surface area contributed by atoms with Gasteiger partial charge in [-0.3, -0.25) is 0 Å². The van der Waals surface area contributed by atoms with E-state index in [4.69, 9.17) is 0 Å². The minimum absolute atomic E-state index is 0.314. The Hall–Kier alpha value is -8.72. The van der Waals surface area contributed by atoms with E-state index in [2.05, 4.69) is 278 Å². The summed E-state index contributed by atoms with van der Waals surface area (Å²) in [4.78, 5) is 0. The molecule has 0 saturated heterocycles. The number of aromatic nitrogens is 2. The first-order valence-electron chi connectivity index (χ1n) is 24.0. The van der Waals surface area contributed by atoms with Crippen molar-refractivity contribution in [1.82, 2.24) is 9.13 Å². The van der Waals surface area contributed by atoms with Gasteiger partial charge in [-0.25, -0.2) is 0 Å². The first-order chi connectivity index (χ1) is 34.0. The van der Waals surface area contributed by atoms with Crippen LogP contribution in [0.3, 0.4) is 0 Å². The predicted molar refractivity (Wildman–Crippen MR) is 290 cm³/mol. The lowest BCUT2D eigenvalue weighted by atomic mass is 9.82. The van der Waals surface area contributed by atoms with Crippen LogP contribution in [0, 0.1) is 0 Å². The second-order valence-corrected chi connectivity index (χ2v) is 18.9. The van der Waals surface area contributed by atoms with Crippen LogP contribution in [0.1, 0.15) is 25.0 Å². The molecule has 2 heteroatoms. The molecular weight excluding hydrogens is 833 g/mol. The van der Waals surface area contributed by atoms with Crippen molar-refractivity contribution in [1.29, 1.82) is 0 Å². The van der Waals surface area contributed by atoms with Crippen molar-refractivity contribution in [2.75, 3.05) is 0 Å². The lowest BCUT2D eigenvalue weighted by Gasteiger charge is -2.22. The Bertz CT molecular complexity index is 3570. The summed E-state index contributed by atoms with van der Waals surface area (Å²) in [5.74, 6) is 0. The van der Waals surface area contributed by atoms with Crippen molar-refractivity contribution >= 4 is 21.8 Å². The van der Waals surface area contributed by atoms with E-state index in [1.54, 1.807) is 0 Å². The van der Waals surface area contributed by atoms with Crippen LogP contribution in [0.4, 0.5) is 0 Å². The maximum atomic E-state index is 2.52. The summed E-state index contributed by atoms with van der Waals surface area (Å²) in [6, 6.07) is 93.5. The lowest BCUT2D eigenvalue weighted by molar-refractivity contribution is 0.661. The molecule has 2 aromatic heterocycles. The van der Waals surface area contributed by atoms with E-state index in [9.17, 15) is 0 Å². The summed E-state index contributed by atoms with van der Waals surface area (Å²) in [6.45, 7) is 4.84. The average molecular weight is 881 g/mol. The highest BCUT2D eigenvalue weighted by Gasteiger charge is 2.39. The van der Waals surface area contributed by atoms with Gasteiger partial charge in [-0.2, -0.15) is 0 Å². The Morgan fingerprint density at radius 3 is 0.870 bits per heavy atom. The SMILES string of the molecule is CC1(C)c2cc3c(cc2-c2cc4c(-c5ccccc5)c(-c5ccccc5)n(-c5ccc(-c6ccccc6)cc5)c4cc21)c(-c1ccccc1)c(-c1ccccc1)n3-c1ccc(-c2ccccc2)cc1. The third kappa shape index (κ3) is 6.63. The molecule has 0 saturated carbocycles. The minimum atomic E-state index is -0.314. The molecule has 0 spiro atoms. The Morgan fingerprint density at radius 1 is 0.275 bits per heavy atom. The number of nitrogens with zero attached hydrogens (tertiary/aromatic N) is 2. The standard InChI is InChI=1S/C67H48N2/c1-67(2)59-43-61-57(63(49-25-13-5-14-26-49)65(51-29-17-7-18-30-51)68(61)53-37-33-47(34-38-53)45-21-9-3-10-22-45)41-55(59)56-42-58-62(44-60(56)67)69(54-39-35-48(36-40-54)46-23-11-4-12-24-46)66(52-31-19-8-20-32-52)64(58)50-27-15-6-16-28-50/h3-44H,1-2H3. The molecular formula is C67H48N2. The van der Waals surface area contributed by atoms with Crippen LogP contribution in [0.5, 0.6) is 0 Å². The molecule has 0 aliphatic heterocycles. The fraction of sp³-hybridized carbons (Fsp3) is 0.0448. The smallest absolute Gasteiger partial charge is 0.0619 e. The first kappa shape index (κ1) is 40.5. The van der Waals surface area contributed by atoms with E-state index < -0.39 is 0 Å². The molecule has 0 amide bonds. The van der Waals surface area contributed by atoms with Crippen LogP contribution in [0.25, 0.3) is 111 Å². The highest BCUT2D eigenvalue weighted by molar-refractivity contribution is 6.12. The van der Waals surface area contributed by atoms with Gasteiger partial charge in [-0.1, -0.05) is 220 Å². The van der Waals surface area contributed by atoms with Gasteiger partial charge in [0, 0.05) is 38.7 Å². The lowest BCUT2D eigenvalue weighted by Crippen LogP contribution is -2.15. The average Bonchev–Trinajstić information content (AvgIpc) is 4.01. The molecule has 0 radical (unpaired) electrons. The van der Waals surface area contributed by atoms with E-state index >= 15 is 0 Å². The number of fused-ring (bicyclic) bond motifs is 5. The molecule has 2 heterocycles. The van der Waals surface area contributed by atoms with E-state index in [1.807, 2.05) is 0 Å². The van der Waals surface area contributed by atoms with Crippen LogP contribution >= 0.6 is 0 Å². The van der Waals surface area contributed by atoms with Gasteiger partial charge < -0.3 is 9.13 Å². The molecule has 1 aliphatic carbocycles. The van der Waals surface area contributed by atoms with Gasteiger partial charge in [-0.05, 0) is 115 Å². The monoisotopic (exact) mass is 880 g/mol. The Morgan fingerprint density at radius 2 is 0.551 bits per heavy atom. The van der Waals surface area contributed by atoms with Crippen molar-refractivity contribution in [3.8, 4) is 89.5 Å². The summed E-state index contributed by atoms with van der Waals surface area (Å²) < 4.78 is 5.04. The third-order valence-electron chi connectivity index (χ3n) is 14.5. The molecule has 0 atom stereocenters. The normalized spacial score (nSPS) is 12.6.